The van der Waals surface area contributed by atoms with Crippen molar-refractivity contribution in [2.24, 2.45) is 0 Å². The Balaban J connectivity index is 1.88. The van der Waals surface area contributed by atoms with E-state index in [9.17, 15) is 4.79 Å². The Bertz CT molecular complexity index is 532. The fourth-order valence-electron chi connectivity index (χ4n) is 1.41. The summed E-state index contributed by atoms with van der Waals surface area (Å²) in [5.74, 6) is -0.317. The lowest BCUT2D eigenvalue weighted by Crippen LogP contribution is -2.08. The van der Waals surface area contributed by atoms with Gasteiger partial charge in [0.15, 0.2) is 0 Å². The topological polar surface area (TPSA) is 52.1 Å². The van der Waals surface area contributed by atoms with Crippen LogP contribution in [0.15, 0.2) is 42.9 Å². The van der Waals surface area contributed by atoms with Crippen molar-refractivity contribution in [2.45, 2.75) is 13.0 Å². The van der Waals surface area contributed by atoms with Gasteiger partial charge in [-0.1, -0.05) is 23.7 Å². The molecule has 0 saturated heterocycles. The molecule has 2 rings (SSSR count). The highest BCUT2D eigenvalue weighted by molar-refractivity contribution is 6.30. The standard InChI is InChI=1S/C13H11ClN2O2/c14-13-11(4-2-6-16-13)9-18-12(17)7-10-3-1-5-15-8-10/h1-6,8H,7,9H2. The molecule has 0 aliphatic heterocycles. The number of hydrogen-bond donors (Lipinski definition) is 0. The third kappa shape index (κ3) is 3.53. The number of pyridine rings is 2. The zero-order chi connectivity index (χ0) is 12.8. The van der Waals surface area contributed by atoms with E-state index in [4.69, 9.17) is 16.3 Å². The van der Waals surface area contributed by atoms with Gasteiger partial charge in [0.1, 0.15) is 11.8 Å². The molecule has 18 heavy (non-hydrogen) atoms. The number of halogens is 1. The summed E-state index contributed by atoms with van der Waals surface area (Å²) in [7, 11) is 0. The molecule has 0 saturated carbocycles. The molecule has 0 radical (unpaired) electrons. The van der Waals surface area contributed by atoms with Crippen molar-refractivity contribution in [3.8, 4) is 0 Å². The van der Waals surface area contributed by atoms with E-state index in [-0.39, 0.29) is 19.0 Å². The van der Waals surface area contributed by atoms with Gasteiger partial charge in [-0.2, -0.15) is 0 Å². The lowest BCUT2D eigenvalue weighted by molar-refractivity contribution is -0.144. The van der Waals surface area contributed by atoms with Gasteiger partial charge in [0.25, 0.3) is 0 Å². The van der Waals surface area contributed by atoms with Crippen LogP contribution in [0.3, 0.4) is 0 Å². The fourth-order valence-corrected chi connectivity index (χ4v) is 1.58. The first-order valence-corrected chi connectivity index (χ1v) is 5.77. The number of ether oxygens (including phenoxy) is 1. The van der Waals surface area contributed by atoms with Crippen LogP contribution in [0.2, 0.25) is 5.15 Å². The van der Waals surface area contributed by atoms with Gasteiger partial charge in [-0.05, 0) is 17.7 Å². The van der Waals surface area contributed by atoms with E-state index >= 15 is 0 Å². The molecule has 0 aliphatic rings. The summed E-state index contributed by atoms with van der Waals surface area (Å²) in [5.41, 5.74) is 1.51. The summed E-state index contributed by atoms with van der Waals surface area (Å²) in [6, 6.07) is 7.12. The lowest BCUT2D eigenvalue weighted by Gasteiger charge is -2.05. The summed E-state index contributed by atoms with van der Waals surface area (Å²) in [4.78, 5) is 19.4. The van der Waals surface area contributed by atoms with Gasteiger partial charge in [0, 0.05) is 24.2 Å². The minimum absolute atomic E-state index is 0.131. The predicted octanol–water partition coefficient (Wildman–Crippen LogP) is 2.42. The van der Waals surface area contributed by atoms with Gasteiger partial charge in [-0.25, -0.2) is 4.98 Å². The number of carbonyl (C=O) groups excluding carboxylic acids is 1. The monoisotopic (exact) mass is 262 g/mol. The Morgan fingerprint density at radius 3 is 2.83 bits per heavy atom. The molecule has 2 aromatic heterocycles. The van der Waals surface area contributed by atoms with E-state index in [2.05, 4.69) is 9.97 Å². The van der Waals surface area contributed by atoms with Crippen molar-refractivity contribution in [2.75, 3.05) is 0 Å². The van der Waals surface area contributed by atoms with Crippen molar-refractivity contribution < 1.29 is 9.53 Å². The number of carbonyl (C=O) groups is 1. The van der Waals surface area contributed by atoms with Gasteiger partial charge in [0.2, 0.25) is 0 Å². The third-order valence-electron chi connectivity index (χ3n) is 2.30. The zero-order valence-corrected chi connectivity index (χ0v) is 10.3. The van der Waals surface area contributed by atoms with Gasteiger partial charge >= 0.3 is 5.97 Å². The Labute approximate surface area is 110 Å². The first-order chi connectivity index (χ1) is 8.75. The van der Waals surface area contributed by atoms with Crippen molar-refractivity contribution in [3.63, 3.8) is 0 Å². The molecule has 4 nitrogen and oxygen atoms in total. The highest BCUT2D eigenvalue weighted by Crippen LogP contribution is 2.12. The quantitative estimate of drug-likeness (QED) is 0.627. The molecule has 0 bridgehead atoms. The van der Waals surface area contributed by atoms with E-state index < -0.39 is 0 Å². The first kappa shape index (κ1) is 12.5. The summed E-state index contributed by atoms with van der Waals surface area (Å²) in [6.07, 6.45) is 5.08. The molecule has 0 aromatic carbocycles. The zero-order valence-electron chi connectivity index (χ0n) is 9.54. The molecule has 0 unspecified atom stereocenters. The second-order valence-electron chi connectivity index (χ2n) is 3.65. The van der Waals surface area contributed by atoms with Crippen LogP contribution in [0.25, 0.3) is 0 Å². The highest BCUT2D eigenvalue weighted by Gasteiger charge is 2.07. The molecule has 0 amide bonds. The Kier molecular flexibility index (Phi) is 4.25. The Hall–Kier alpha value is -1.94. The van der Waals surface area contributed by atoms with Crippen LogP contribution in [0.5, 0.6) is 0 Å². The SMILES string of the molecule is O=C(Cc1cccnc1)OCc1cccnc1Cl. The maximum absolute atomic E-state index is 11.6. The molecular formula is C13H11ClN2O2. The van der Waals surface area contributed by atoms with E-state index in [0.29, 0.717) is 10.7 Å². The van der Waals surface area contributed by atoms with E-state index in [0.717, 1.165) is 5.56 Å². The molecule has 0 fully saturated rings. The van der Waals surface area contributed by atoms with Crippen molar-refractivity contribution >= 4 is 17.6 Å². The van der Waals surface area contributed by atoms with E-state index in [1.807, 2.05) is 6.07 Å². The van der Waals surface area contributed by atoms with Gasteiger partial charge < -0.3 is 4.74 Å². The van der Waals surface area contributed by atoms with Gasteiger partial charge in [-0.15, -0.1) is 0 Å². The van der Waals surface area contributed by atoms with Crippen LogP contribution in [0.4, 0.5) is 0 Å². The average Bonchev–Trinajstić information content (AvgIpc) is 2.39. The largest absolute Gasteiger partial charge is 0.460 e. The number of nitrogens with zero attached hydrogens (tertiary/aromatic N) is 2. The van der Waals surface area contributed by atoms with Crippen molar-refractivity contribution in [1.29, 1.82) is 0 Å². The molecule has 0 spiro atoms. The number of rotatable bonds is 4. The minimum Gasteiger partial charge on any atom is -0.460 e. The highest BCUT2D eigenvalue weighted by atomic mass is 35.5. The minimum atomic E-state index is -0.317. The molecule has 2 aromatic rings. The molecule has 2 heterocycles. The Morgan fingerprint density at radius 1 is 1.28 bits per heavy atom. The summed E-state index contributed by atoms with van der Waals surface area (Å²) < 4.78 is 5.12. The van der Waals surface area contributed by atoms with Gasteiger partial charge in [0.05, 0.1) is 6.42 Å². The molecule has 0 atom stereocenters. The Morgan fingerprint density at radius 2 is 2.11 bits per heavy atom. The maximum Gasteiger partial charge on any atom is 0.310 e. The second kappa shape index (κ2) is 6.12. The van der Waals surface area contributed by atoms with Crippen LogP contribution in [0.1, 0.15) is 11.1 Å². The van der Waals surface area contributed by atoms with Crippen LogP contribution >= 0.6 is 11.6 Å². The number of aromatic nitrogens is 2. The third-order valence-corrected chi connectivity index (χ3v) is 2.64. The molecule has 92 valence electrons. The first-order valence-electron chi connectivity index (χ1n) is 5.39. The van der Waals surface area contributed by atoms with Crippen LogP contribution < -0.4 is 0 Å². The van der Waals surface area contributed by atoms with Crippen molar-refractivity contribution in [3.05, 3.63) is 59.1 Å². The molecule has 0 aliphatic carbocycles. The number of hydrogen-bond acceptors (Lipinski definition) is 4. The summed E-state index contributed by atoms with van der Waals surface area (Å²) >= 11 is 5.86. The lowest BCUT2D eigenvalue weighted by atomic mass is 10.2. The van der Waals surface area contributed by atoms with E-state index in [1.165, 1.54) is 0 Å². The summed E-state index contributed by atoms with van der Waals surface area (Å²) in [5, 5.41) is 0.353. The molecule has 0 N–H and O–H groups in total. The molecule has 5 heteroatoms. The smallest absolute Gasteiger partial charge is 0.310 e. The van der Waals surface area contributed by atoms with Crippen LogP contribution in [-0.4, -0.2) is 15.9 Å². The van der Waals surface area contributed by atoms with Crippen LogP contribution in [0, 0.1) is 0 Å². The second-order valence-corrected chi connectivity index (χ2v) is 4.01. The predicted molar refractivity (Wildman–Crippen MR) is 67.0 cm³/mol. The van der Waals surface area contributed by atoms with Crippen molar-refractivity contribution in [1.82, 2.24) is 9.97 Å². The normalized spacial score (nSPS) is 10.1. The van der Waals surface area contributed by atoms with Gasteiger partial charge in [-0.3, -0.25) is 9.78 Å². The average molecular weight is 263 g/mol. The number of esters is 1. The van der Waals surface area contributed by atoms with Crippen LogP contribution in [-0.2, 0) is 22.6 Å². The maximum atomic E-state index is 11.6. The molecular weight excluding hydrogens is 252 g/mol. The summed E-state index contributed by atoms with van der Waals surface area (Å²) in [6.45, 7) is 0.131. The van der Waals surface area contributed by atoms with E-state index in [1.54, 1.807) is 36.8 Å². The fraction of sp³-hybridized carbons (Fsp3) is 0.154.